The highest BCUT2D eigenvalue weighted by Crippen LogP contribution is 2.16. The number of aromatic nitrogens is 2. The Kier molecular flexibility index (Phi) is 4.37. The van der Waals surface area contributed by atoms with Crippen LogP contribution in [0.4, 0.5) is 4.39 Å². The number of sulfonamides is 1. The van der Waals surface area contributed by atoms with Gasteiger partial charge < -0.3 is 4.57 Å². The third-order valence-electron chi connectivity index (χ3n) is 3.51. The van der Waals surface area contributed by atoms with Crippen molar-refractivity contribution >= 4 is 15.9 Å². The Morgan fingerprint density at radius 1 is 1.08 bits per heavy atom. The van der Waals surface area contributed by atoms with Gasteiger partial charge in [-0.25, -0.2) is 22.5 Å². The summed E-state index contributed by atoms with van der Waals surface area (Å²) in [6, 6.07) is 13.5. The van der Waals surface area contributed by atoms with E-state index in [0.29, 0.717) is 5.82 Å². The number of benzene rings is 2. The van der Waals surface area contributed by atoms with Crippen LogP contribution in [-0.2, 0) is 10.0 Å². The van der Waals surface area contributed by atoms with Gasteiger partial charge in [0.1, 0.15) is 17.3 Å². The lowest BCUT2D eigenvalue weighted by atomic mass is 10.3. The van der Waals surface area contributed by atoms with Gasteiger partial charge in [0.05, 0.1) is 10.6 Å². The van der Waals surface area contributed by atoms with Crippen molar-refractivity contribution in [3.8, 4) is 5.69 Å². The lowest BCUT2D eigenvalue weighted by molar-refractivity contribution is 0.0977. The predicted molar refractivity (Wildman–Crippen MR) is 89.4 cm³/mol. The molecule has 0 fully saturated rings. The summed E-state index contributed by atoms with van der Waals surface area (Å²) in [5, 5.41) is 0. The lowest BCUT2D eigenvalue weighted by Gasteiger charge is -2.05. The van der Waals surface area contributed by atoms with Crippen molar-refractivity contribution in [3.63, 3.8) is 0 Å². The average Bonchev–Trinajstić information content (AvgIpc) is 2.98. The number of nitrogens with one attached hydrogen (secondary N) is 1. The quantitative estimate of drug-likeness (QED) is 0.776. The first-order valence-electron chi connectivity index (χ1n) is 7.31. The molecule has 1 heterocycles. The summed E-state index contributed by atoms with van der Waals surface area (Å²) in [5.41, 5.74) is 0.0951. The van der Waals surface area contributed by atoms with E-state index >= 15 is 0 Å². The minimum Gasteiger partial charge on any atom is -0.300 e. The number of hydrogen-bond acceptors (Lipinski definition) is 4. The van der Waals surface area contributed by atoms with Crippen molar-refractivity contribution in [1.29, 1.82) is 0 Å². The first kappa shape index (κ1) is 16.8. The van der Waals surface area contributed by atoms with E-state index in [0.717, 1.165) is 0 Å². The smallest absolute Gasteiger partial charge is 0.285 e. The minimum atomic E-state index is -4.01. The average molecular weight is 359 g/mol. The summed E-state index contributed by atoms with van der Waals surface area (Å²) in [5.74, 6) is -1.01. The molecular weight excluding hydrogens is 345 g/mol. The zero-order valence-corrected chi connectivity index (χ0v) is 14.0. The number of para-hydroxylation sites is 1. The fourth-order valence-electron chi connectivity index (χ4n) is 2.31. The first-order valence-corrected chi connectivity index (χ1v) is 8.80. The van der Waals surface area contributed by atoms with Gasteiger partial charge in [-0.1, -0.05) is 30.3 Å². The van der Waals surface area contributed by atoms with Crippen LogP contribution in [0.1, 0.15) is 16.3 Å². The molecular formula is C17H14FN3O3S. The van der Waals surface area contributed by atoms with Crippen LogP contribution in [0, 0.1) is 12.7 Å². The normalized spacial score (nSPS) is 11.3. The molecule has 0 aliphatic carbocycles. The molecule has 1 aromatic heterocycles. The summed E-state index contributed by atoms with van der Waals surface area (Å²) in [7, 11) is -4.01. The van der Waals surface area contributed by atoms with Gasteiger partial charge >= 0.3 is 0 Å². The second kappa shape index (κ2) is 6.48. The van der Waals surface area contributed by atoms with Crippen LogP contribution in [0.25, 0.3) is 5.69 Å². The van der Waals surface area contributed by atoms with E-state index in [4.69, 9.17) is 0 Å². The molecule has 0 spiro atoms. The molecule has 0 aliphatic heterocycles. The highest BCUT2D eigenvalue weighted by Gasteiger charge is 2.21. The standard InChI is InChI=1S/C17H14FN3O3S/c1-12-19-15(11-21(12)16-10-6-5-9-14(16)18)17(22)20-25(23,24)13-7-3-2-4-8-13/h2-11H,1H3,(H,20,22). The number of nitrogens with zero attached hydrogens (tertiary/aromatic N) is 2. The van der Waals surface area contributed by atoms with E-state index in [2.05, 4.69) is 4.98 Å². The minimum absolute atomic E-state index is 0.0337. The van der Waals surface area contributed by atoms with Crippen LogP contribution in [0.15, 0.2) is 65.7 Å². The van der Waals surface area contributed by atoms with Gasteiger partial charge in [0.25, 0.3) is 15.9 Å². The van der Waals surface area contributed by atoms with Crippen molar-refractivity contribution < 1.29 is 17.6 Å². The SMILES string of the molecule is Cc1nc(C(=O)NS(=O)(=O)c2ccccc2)cn1-c1ccccc1F. The van der Waals surface area contributed by atoms with Gasteiger partial charge in [-0.3, -0.25) is 4.79 Å². The monoisotopic (exact) mass is 359 g/mol. The molecule has 1 amide bonds. The van der Waals surface area contributed by atoms with Crippen LogP contribution in [0.2, 0.25) is 0 Å². The second-order valence-electron chi connectivity index (χ2n) is 5.24. The Hall–Kier alpha value is -3.00. The maximum Gasteiger partial charge on any atom is 0.285 e. The van der Waals surface area contributed by atoms with Crippen molar-refractivity contribution in [3.05, 3.63) is 78.1 Å². The van der Waals surface area contributed by atoms with Gasteiger partial charge in [-0.2, -0.15) is 0 Å². The Bertz CT molecular complexity index is 1030. The highest BCUT2D eigenvalue weighted by molar-refractivity contribution is 7.90. The third-order valence-corrected chi connectivity index (χ3v) is 4.85. The van der Waals surface area contributed by atoms with E-state index in [1.807, 2.05) is 4.72 Å². The molecule has 0 unspecified atom stereocenters. The van der Waals surface area contributed by atoms with Gasteiger partial charge in [0.2, 0.25) is 0 Å². The zero-order valence-electron chi connectivity index (χ0n) is 13.2. The van der Waals surface area contributed by atoms with Crippen molar-refractivity contribution in [2.24, 2.45) is 0 Å². The Morgan fingerprint density at radius 3 is 2.40 bits per heavy atom. The van der Waals surface area contributed by atoms with Crippen LogP contribution < -0.4 is 4.72 Å². The van der Waals surface area contributed by atoms with Gasteiger partial charge in [-0.05, 0) is 31.2 Å². The van der Waals surface area contributed by atoms with E-state index in [9.17, 15) is 17.6 Å². The molecule has 6 nitrogen and oxygen atoms in total. The molecule has 0 radical (unpaired) electrons. The Labute approximate surface area is 144 Å². The molecule has 3 rings (SSSR count). The Balaban J connectivity index is 1.90. The van der Waals surface area contributed by atoms with E-state index in [1.165, 1.54) is 35.0 Å². The molecule has 3 aromatic rings. The van der Waals surface area contributed by atoms with E-state index in [1.54, 1.807) is 37.3 Å². The number of aryl methyl sites for hydroxylation is 1. The van der Waals surface area contributed by atoms with Gasteiger partial charge in [0, 0.05) is 6.20 Å². The molecule has 0 saturated carbocycles. The lowest BCUT2D eigenvalue weighted by Crippen LogP contribution is -2.30. The summed E-state index contributed by atoms with van der Waals surface area (Å²) < 4.78 is 41.7. The number of halogens is 1. The number of imidazole rings is 1. The summed E-state index contributed by atoms with van der Waals surface area (Å²) in [6.07, 6.45) is 1.30. The molecule has 0 aliphatic rings. The summed E-state index contributed by atoms with van der Waals surface area (Å²) >= 11 is 0. The molecule has 25 heavy (non-hydrogen) atoms. The highest BCUT2D eigenvalue weighted by atomic mass is 32.2. The maximum absolute atomic E-state index is 13.9. The van der Waals surface area contributed by atoms with Crippen LogP contribution in [-0.4, -0.2) is 23.9 Å². The number of carbonyl (C=O) groups is 1. The fourth-order valence-corrected chi connectivity index (χ4v) is 3.29. The fraction of sp³-hybridized carbons (Fsp3) is 0.0588. The zero-order chi connectivity index (χ0) is 18.0. The largest absolute Gasteiger partial charge is 0.300 e. The van der Waals surface area contributed by atoms with E-state index in [-0.39, 0.29) is 16.3 Å². The molecule has 1 N–H and O–H groups in total. The number of rotatable bonds is 4. The molecule has 2 aromatic carbocycles. The van der Waals surface area contributed by atoms with Crippen molar-refractivity contribution in [2.75, 3.05) is 0 Å². The third kappa shape index (κ3) is 3.43. The van der Waals surface area contributed by atoms with Crippen LogP contribution in [0.5, 0.6) is 0 Å². The van der Waals surface area contributed by atoms with Crippen LogP contribution >= 0.6 is 0 Å². The van der Waals surface area contributed by atoms with Gasteiger partial charge in [-0.15, -0.1) is 0 Å². The molecule has 0 atom stereocenters. The number of amides is 1. The van der Waals surface area contributed by atoms with E-state index < -0.39 is 21.7 Å². The van der Waals surface area contributed by atoms with Crippen molar-refractivity contribution in [1.82, 2.24) is 14.3 Å². The molecule has 0 saturated heterocycles. The molecule has 8 heteroatoms. The Morgan fingerprint density at radius 2 is 1.72 bits per heavy atom. The molecule has 0 bridgehead atoms. The van der Waals surface area contributed by atoms with Gasteiger partial charge in [0.15, 0.2) is 0 Å². The number of carbonyl (C=O) groups excluding carboxylic acids is 1. The molecule has 128 valence electrons. The topological polar surface area (TPSA) is 81.1 Å². The number of hydrogen-bond donors (Lipinski definition) is 1. The van der Waals surface area contributed by atoms with Crippen LogP contribution in [0.3, 0.4) is 0 Å². The predicted octanol–water partition coefficient (Wildman–Crippen LogP) is 2.44. The second-order valence-corrected chi connectivity index (χ2v) is 6.92. The summed E-state index contributed by atoms with van der Waals surface area (Å²) in [4.78, 5) is 16.2. The van der Waals surface area contributed by atoms with Crippen molar-refractivity contribution in [2.45, 2.75) is 11.8 Å². The maximum atomic E-state index is 13.9. The first-order chi connectivity index (χ1) is 11.9. The summed E-state index contributed by atoms with van der Waals surface area (Å²) in [6.45, 7) is 1.59.